The van der Waals surface area contributed by atoms with E-state index < -0.39 is 6.10 Å². The first-order valence-corrected chi connectivity index (χ1v) is 9.13. The minimum Gasteiger partial charge on any atom is -0.489 e. The molecule has 0 aliphatic rings. The lowest BCUT2D eigenvalue weighted by Gasteiger charge is -2.16. The molecule has 0 fully saturated rings. The topological polar surface area (TPSA) is 70.8 Å². The molecule has 2 aromatic rings. The van der Waals surface area contributed by atoms with Crippen LogP contribution in [0.1, 0.15) is 12.5 Å². The molecule has 0 radical (unpaired) electrons. The number of halogens is 3. The average molecular weight is 527 g/mol. The molecule has 0 aliphatic heterocycles. The van der Waals surface area contributed by atoms with E-state index in [4.69, 9.17) is 27.9 Å². The van der Waals surface area contributed by atoms with E-state index in [9.17, 15) is 5.11 Å². The van der Waals surface area contributed by atoms with E-state index in [1.54, 1.807) is 18.2 Å². The Balaban J connectivity index is 0.00000364. The average Bonchev–Trinajstić information content (AvgIpc) is 3.04. The summed E-state index contributed by atoms with van der Waals surface area (Å²) in [5, 5.41) is 17.1. The van der Waals surface area contributed by atoms with Gasteiger partial charge in [0, 0.05) is 32.5 Å². The first kappa shape index (κ1) is 23.9. The first-order valence-electron chi connectivity index (χ1n) is 8.37. The Morgan fingerprint density at radius 2 is 2.07 bits per heavy atom. The second-order valence-corrected chi connectivity index (χ2v) is 6.56. The highest BCUT2D eigenvalue weighted by atomic mass is 127. The number of ether oxygens (including phenoxy) is 1. The highest BCUT2D eigenvalue weighted by Gasteiger charge is 2.10. The zero-order valence-corrected chi connectivity index (χ0v) is 19.1. The van der Waals surface area contributed by atoms with Crippen LogP contribution in [0.5, 0.6) is 5.75 Å². The summed E-state index contributed by atoms with van der Waals surface area (Å²) in [4.78, 5) is 4.50. The number of aliphatic hydroxyl groups is 1. The molecule has 1 atom stereocenters. The summed E-state index contributed by atoms with van der Waals surface area (Å²) >= 11 is 12.0. The van der Waals surface area contributed by atoms with Gasteiger partial charge in [-0.15, -0.1) is 24.0 Å². The van der Waals surface area contributed by atoms with E-state index in [1.165, 1.54) is 0 Å². The van der Waals surface area contributed by atoms with Crippen molar-refractivity contribution in [3.63, 3.8) is 0 Å². The van der Waals surface area contributed by atoms with Crippen LogP contribution in [0, 0.1) is 0 Å². The van der Waals surface area contributed by atoms with Crippen LogP contribution in [0.3, 0.4) is 0 Å². The number of guanidine groups is 1. The predicted octanol–water partition coefficient (Wildman–Crippen LogP) is 3.44. The van der Waals surface area contributed by atoms with Crippen LogP contribution in [-0.2, 0) is 13.6 Å². The summed E-state index contributed by atoms with van der Waals surface area (Å²) < 4.78 is 7.51. The van der Waals surface area contributed by atoms with Crippen LogP contribution in [0.25, 0.3) is 0 Å². The zero-order chi connectivity index (χ0) is 18.9. The first-order chi connectivity index (χ1) is 12.5. The van der Waals surface area contributed by atoms with Gasteiger partial charge in [-0.2, -0.15) is 0 Å². The van der Waals surface area contributed by atoms with Crippen LogP contribution < -0.4 is 15.4 Å². The molecule has 0 saturated carbocycles. The van der Waals surface area contributed by atoms with Crippen LogP contribution in [-0.4, -0.2) is 41.4 Å². The minimum absolute atomic E-state index is 0. The maximum absolute atomic E-state index is 10.1. The van der Waals surface area contributed by atoms with Gasteiger partial charge in [-0.3, -0.25) is 0 Å². The smallest absolute Gasteiger partial charge is 0.191 e. The van der Waals surface area contributed by atoms with Crippen molar-refractivity contribution in [1.29, 1.82) is 0 Å². The summed E-state index contributed by atoms with van der Waals surface area (Å²) in [5.41, 5.74) is 1.11. The molecule has 0 aliphatic carbocycles. The van der Waals surface area contributed by atoms with Crippen molar-refractivity contribution in [1.82, 2.24) is 15.2 Å². The number of rotatable bonds is 8. The van der Waals surface area contributed by atoms with E-state index in [-0.39, 0.29) is 30.6 Å². The standard InChI is InChI=1S/C18H24Cl2N4O2.HI/c1-3-21-18(22-9-13-7-8-24(2)11-13)23-10-14(25)12-26-16-6-4-5-15(19)17(16)20;/h4-8,11,14,25H,3,9-10,12H2,1-2H3,(H2,21,22,23);1H. The second-order valence-electron chi connectivity index (χ2n) is 5.78. The Bertz CT molecular complexity index is 740. The molecule has 0 amide bonds. The van der Waals surface area contributed by atoms with Crippen LogP contribution in [0.2, 0.25) is 10.0 Å². The van der Waals surface area contributed by atoms with Crippen LogP contribution >= 0.6 is 47.2 Å². The lowest BCUT2D eigenvalue weighted by Crippen LogP contribution is -2.42. The molecule has 3 N–H and O–H groups in total. The molecule has 6 nitrogen and oxygen atoms in total. The van der Waals surface area contributed by atoms with Crippen LogP contribution in [0.15, 0.2) is 41.7 Å². The van der Waals surface area contributed by atoms with E-state index in [0.29, 0.717) is 34.8 Å². The number of aliphatic hydroxyl groups excluding tert-OH is 1. The fourth-order valence-corrected chi connectivity index (χ4v) is 2.57. The zero-order valence-electron chi connectivity index (χ0n) is 15.3. The molecule has 1 aromatic heterocycles. The Morgan fingerprint density at radius 3 is 2.74 bits per heavy atom. The molecule has 1 unspecified atom stereocenters. The third-order valence-electron chi connectivity index (χ3n) is 3.51. The monoisotopic (exact) mass is 526 g/mol. The van der Waals surface area contributed by atoms with Gasteiger partial charge in [0.1, 0.15) is 23.5 Å². The Morgan fingerprint density at radius 1 is 1.30 bits per heavy atom. The summed E-state index contributed by atoms with van der Waals surface area (Å²) in [6.07, 6.45) is 3.27. The number of hydrogen-bond acceptors (Lipinski definition) is 3. The summed E-state index contributed by atoms with van der Waals surface area (Å²) in [5.74, 6) is 1.08. The molecule has 150 valence electrons. The summed E-state index contributed by atoms with van der Waals surface area (Å²) in [6, 6.07) is 7.15. The van der Waals surface area contributed by atoms with Crippen LogP contribution in [0.4, 0.5) is 0 Å². The fraction of sp³-hybridized carbons (Fsp3) is 0.389. The lowest BCUT2D eigenvalue weighted by molar-refractivity contribution is 0.110. The van der Waals surface area contributed by atoms with Gasteiger partial charge in [-0.1, -0.05) is 29.3 Å². The van der Waals surface area contributed by atoms with Crippen molar-refractivity contribution >= 4 is 53.1 Å². The fourth-order valence-electron chi connectivity index (χ4n) is 2.22. The number of aryl methyl sites for hydroxylation is 1. The molecule has 2 rings (SSSR count). The maximum Gasteiger partial charge on any atom is 0.191 e. The van der Waals surface area contributed by atoms with Gasteiger partial charge in [-0.05, 0) is 30.7 Å². The van der Waals surface area contributed by atoms with Gasteiger partial charge in [-0.25, -0.2) is 4.99 Å². The van der Waals surface area contributed by atoms with Gasteiger partial charge in [0.15, 0.2) is 5.96 Å². The largest absolute Gasteiger partial charge is 0.489 e. The van der Waals surface area contributed by atoms with E-state index in [1.807, 2.05) is 37.0 Å². The Hall–Kier alpha value is -1.16. The summed E-state index contributed by atoms with van der Waals surface area (Å²) in [7, 11) is 1.97. The number of hydrogen-bond donors (Lipinski definition) is 3. The van der Waals surface area contributed by atoms with Crippen molar-refractivity contribution in [2.45, 2.75) is 19.6 Å². The van der Waals surface area contributed by atoms with Crippen molar-refractivity contribution in [3.05, 3.63) is 52.3 Å². The van der Waals surface area contributed by atoms with Crippen molar-refractivity contribution < 1.29 is 9.84 Å². The number of nitrogens with one attached hydrogen (secondary N) is 2. The van der Waals surface area contributed by atoms with Crippen molar-refractivity contribution in [3.8, 4) is 5.75 Å². The Kier molecular flexibility index (Phi) is 10.9. The number of nitrogens with zero attached hydrogens (tertiary/aromatic N) is 2. The van der Waals surface area contributed by atoms with E-state index >= 15 is 0 Å². The van der Waals surface area contributed by atoms with E-state index in [2.05, 4.69) is 15.6 Å². The minimum atomic E-state index is -0.731. The normalized spacial score (nSPS) is 12.3. The number of aliphatic imine (C=N–C) groups is 1. The number of benzene rings is 1. The van der Waals surface area contributed by atoms with Crippen molar-refractivity contribution in [2.24, 2.45) is 12.0 Å². The molecule has 27 heavy (non-hydrogen) atoms. The lowest BCUT2D eigenvalue weighted by atomic mass is 10.3. The maximum atomic E-state index is 10.1. The van der Waals surface area contributed by atoms with Gasteiger partial charge in [0.2, 0.25) is 0 Å². The SMILES string of the molecule is CCNC(=NCc1ccn(C)c1)NCC(O)COc1cccc(Cl)c1Cl.I. The third-order valence-corrected chi connectivity index (χ3v) is 4.31. The highest BCUT2D eigenvalue weighted by molar-refractivity contribution is 14.0. The van der Waals surface area contributed by atoms with Gasteiger partial charge in [0.25, 0.3) is 0 Å². The third kappa shape index (κ3) is 8.16. The highest BCUT2D eigenvalue weighted by Crippen LogP contribution is 2.31. The molecular formula is C18H25Cl2IN4O2. The Labute approximate surface area is 186 Å². The molecular weight excluding hydrogens is 502 g/mol. The predicted molar refractivity (Wildman–Crippen MR) is 122 cm³/mol. The number of aromatic nitrogens is 1. The molecule has 0 spiro atoms. The molecule has 1 heterocycles. The molecule has 0 bridgehead atoms. The van der Waals surface area contributed by atoms with E-state index in [0.717, 1.165) is 12.1 Å². The summed E-state index contributed by atoms with van der Waals surface area (Å²) in [6.45, 7) is 3.65. The molecule has 9 heteroatoms. The second kappa shape index (κ2) is 12.3. The quantitative estimate of drug-likeness (QED) is 0.280. The van der Waals surface area contributed by atoms with Gasteiger partial charge in [0.05, 0.1) is 11.6 Å². The van der Waals surface area contributed by atoms with Gasteiger partial charge >= 0.3 is 0 Å². The molecule has 0 saturated heterocycles. The van der Waals surface area contributed by atoms with Crippen molar-refractivity contribution in [2.75, 3.05) is 19.7 Å². The molecule has 1 aromatic carbocycles. The van der Waals surface area contributed by atoms with Gasteiger partial charge < -0.3 is 25.0 Å².